The highest BCUT2D eigenvalue weighted by Gasteiger charge is 2.27. The molecule has 2 aliphatic carbocycles. The Labute approximate surface area is 109 Å². The Morgan fingerprint density at radius 2 is 2.00 bits per heavy atom. The molecule has 1 unspecified atom stereocenters. The minimum absolute atomic E-state index is 0.534. The monoisotopic (exact) mass is 236 g/mol. The highest BCUT2D eigenvalue weighted by molar-refractivity contribution is 5.88. The minimum atomic E-state index is 0.534. The van der Waals surface area contributed by atoms with Crippen molar-refractivity contribution in [1.29, 1.82) is 0 Å². The van der Waals surface area contributed by atoms with Crippen LogP contribution in [0, 0.1) is 0 Å². The summed E-state index contributed by atoms with van der Waals surface area (Å²) < 4.78 is 0. The van der Waals surface area contributed by atoms with Crippen molar-refractivity contribution >= 4 is 17.2 Å². The number of hydrogen-bond acceptors (Lipinski definition) is 0. The molecule has 0 aromatic heterocycles. The highest BCUT2D eigenvalue weighted by Crippen LogP contribution is 2.42. The predicted octanol–water partition coefficient (Wildman–Crippen LogP) is 3.51. The van der Waals surface area contributed by atoms with Crippen molar-refractivity contribution in [2.75, 3.05) is 0 Å². The Morgan fingerprint density at radius 3 is 2.67 bits per heavy atom. The van der Waals surface area contributed by atoms with Crippen LogP contribution in [0.4, 0.5) is 0 Å². The van der Waals surface area contributed by atoms with Gasteiger partial charge in [-0.1, -0.05) is 48.4 Å². The number of fused-ring (bicyclic) bond motifs is 3. The molecule has 0 nitrogen and oxygen atoms in total. The second-order valence-corrected chi connectivity index (χ2v) is 5.74. The largest absolute Gasteiger partial charge is 0.0955 e. The first-order chi connectivity index (χ1) is 8.52. The molecule has 3 rings (SSSR count). The van der Waals surface area contributed by atoms with Crippen molar-refractivity contribution in [3.8, 4) is 0 Å². The summed E-state index contributed by atoms with van der Waals surface area (Å²) in [5.41, 5.74) is 8.51. The maximum atomic E-state index is 4.19. The van der Waals surface area contributed by atoms with Crippen molar-refractivity contribution in [3.05, 3.63) is 51.4 Å². The van der Waals surface area contributed by atoms with Crippen LogP contribution in [-0.4, -0.2) is 0 Å². The molecular weight excluding hydrogens is 216 g/mol. The van der Waals surface area contributed by atoms with Gasteiger partial charge in [0.1, 0.15) is 0 Å². The van der Waals surface area contributed by atoms with Crippen molar-refractivity contribution in [3.63, 3.8) is 0 Å². The summed E-state index contributed by atoms with van der Waals surface area (Å²) in [6.07, 6.45) is 3.49. The summed E-state index contributed by atoms with van der Waals surface area (Å²) in [5, 5.41) is 2.89. The van der Waals surface area contributed by atoms with E-state index in [4.69, 9.17) is 0 Å². The van der Waals surface area contributed by atoms with Gasteiger partial charge in [0.25, 0.3) is 0 Å². The molecule has 0 spiro atoms. The summed E-state index contributed by atoms with van der Waals surface area (Å²) in [4.78, 5) is 0. The first kappa shape index (κ1) is 11.5. The second-order valence-electron chi connectivity index (χ2n) is 5.74. The zero-order chi connectivity index (χ0) is 13.0. The summed E-state index contributed by atoms with van der Waals surface area (Å²) in [7, 11) is 0. The summed E-state index contributed by atoms with van der Waals surface area (Å²) in [5.74, 6) is 0.534. The molecule has 0 N–H and O–H groups in total. The molecule has 0 heterocycles. The van der Waals surface area contributed by atoms with Gasteiger partial charge in [-0.15, -0.1) is 0 Å². The van der Waals surface area contributed by atoms with E-state index in [1.165, 1.54) is 43.9 Å². The smallest absolute Gasteiger partial charge is 0.00327 e. The van der Waals surface area contributed by atoms with Crippen LogP contribution in [0.25, 0.3) is 17.2 Å². The zero-order valence-corrected chi connectivity index (χ0v) is 11.7. The topological polar surface area (TPSA) is 0 Å². The van der Waals surface area contributed by atoms with Gasteiger partial charge in [0.2, 0.25) is 0 Å². The van der Waals surface area contributed by atoms with E-state index in [0.29, 0.717) is 5.92 Å². The van der Waals surface area contributed by atoms with Gasteiger partial charge in [0, 0.05) is 5.92 Å². The van der Waals surface area contributed by atoms with E-state index in [0.717, 1.165) is 6.42 Å². The van der Waals surface area contributed by atoms with Crippen LogP contribution < -0.4 is 10.4 Å². The van der Waals surface area contributed by atoms with Gasteiger partial charge in [-0.25, -0.2) is 0 Å². The average Bonchev–Trinajstić information content (AvgIpc) is 2.81. The van der Waals surface area contributed by atoms with Gasteiger partial charge in [-0.05, 0) is 54.3 Å². The van der Waals surface area contributed by atoms with Crippen LogP contribution in [0.5, 0.6) is 0 Å². The normalized spacial score (nSPS) is 20.9. The fourth-order valence-corrected chi connectivity index (χ4v) is 3.42. The van der Waals surface area contributed by atoms with Crippen LogP contribution in [-0.2, 0) is 0 Å². The van der Waals surface area contributed by atoms with Crippen molar-refractivity contribution in [2.24, 2.45) is 0 Å². The first-order valence-electron chi connectivity index (χ1n) is 6.72. The van der Waals surface area contributed by atoms with E-state index in [1.807, 2.05) is 0 Å². The number of hydrogen-bond donors (Lipinski definition) is 0. The number of benzene rings is 1. The Hall–Kier alpha value is -1.56. The molecule has 1 aromatic carbocycles. The number of allylic oxidation sites excluding steroid dienone is 3. The van der Waals surface area contributed by atoms with Crippen LogP contribution in [0.2, 0.25) is 0 Å². The zero-order valence-electron chi connectivity index (χ0n) is 11.7. The fraction of sp³-hybridized carbons (Fsp3) is 0.333. The van der Waals surface area contributed by atoms with Crippen LogP contribution >= 0.6 is 0 Å². The molecule has 0 bridgehead atoms. The first-order valence-corrected chi connectivity index (χ1v) is 6.72. The predicted molar refractivity (Wildman–Crippen MR) is 79.7 cm³/mol. The van der Waals surface area contributed by atoms with Crippen LogP contribution in [0.3, 0.4) is 0 Å². The third kappa shape index (κ3) is 1.32. The highest BCUT2D eigenvalue weighted by atomic mass is 14.3. The molecule has 0 heteroatoms. The van der Waals surface area contributed by atoms with Crippen molar-refractivity contribution in [1.82, 2.24) is 0 Å². The molecule has 0 amide bonds. The lowest BCUT2D eigenvalue weighted by Gasteiger charge is -2.07. The molecule has 18 heavy (non-hydrogen) atoms. The summed E-state index contributed by atoms with van der Waals surface area (Å²) >= 11 is 0. The lowest BCUT2D eigenvalue weighted by molar-refractivity contribution is 0.918. The van der Waals surface area contributed by atoms with Gasteiger partial charge < -0.3 is 0 Å². The lowest BCUT2D eigenvalue weighted by atomic mass is 9.96. The third-order valence-electron chi connectivity index (χ3n) is 4.54. The van der Waals surface area contributed by atoms with E-state index in [1.54, 1.807) is 0 Å². The summed E-state index contributed by atoms with van der Waals surface area (Å²) in [6, 6.07) is 4.62. The summed E-state index contributed by atoms with van der Waals surface area (Å²) in [6.45, 7) is 13.1. The minimum Gasteiger partial charge on any atom is -0.0955 e. The average molecular weight is 236 g/mol. The maximum absolute atomic E-state index is 4.19. The van der Waals surface area contributed by atoms with E-state index < -0.39 is 0 Å². The lowest BCUT2D eigenvalue weighted by Crippen LogP contribution is -2.27. The van der Waals surface area contributed by atoms with E-state index in [2.05, 4.69) is 52.5 Å². The van der Waals surface area contributed by atoms with E-state index >= 15 is 0 Å². The van der Waals surface area contributed by atoms with Gasteiger partial charge in [-0.3, -0.25) is 0 Å². The number of rotatable bonds is 1. The molecule has 0 radical (unpaired) electrons. The van der Waals surface area contributed by atoms with E-state index in [9.17, 15) is 0 Å². The fourth-order valence-electron chi connectivity index (χ4n) is 3.42. The molecule has 92 valence electrons. The molecule has 0 saturated heterocycles. The molecular formula is C18H20. The quantitative estimate of drug-likeness (QED) is 0.700. The molecule has 0 aliphatic heterocycles. The SMILES string of the molecule is C=C(C)C1=C(C)C(C)c2ccc3c(c21)=CCC=3C. The molecule has 1 aromatic rings. The molecule has 0 saturated carbocycles. The van der Waals surface area contributed by atoms with Crippen molar-refractivity contribution < 1.29 is 0 Å². The van der Waals surface area contributed by atoms with Gasteiger partial charge in [0.15, 0.2) is 0 Å². The maximum Gasteiger partial charge on any atom is 0.00327 e. The van der Waals surface area contributed by atoms with Gasteiger partial charge >= 0.3 is 0 Å². The molecule has 2 aliphatic rings. The van der Waals surface area contributed by atoms with Crippen molar-refractivity contribution in [2.45, 2.75) is 40.0 Å². The van der Waals surface area contributed by atoms with Gasteiger partial charge in [0.05, 0.1) is 0 Å². The Balaban J connectivity index is 2.46. The van der Waals surface area contributed by atoms with E-state index in [-0.39, 0.29) is 0 Å². The molecule has 0 fully saturated rings. The molecule has 1 atom stereocenters. The second kappa shape index (κ2) is 3.71. The van der Waals surface area contributed by atoms with Gasteiger partial charge in [-0.2, -0.15) is 0 Å². The Bertz CT molecular complexity index is 711. The van der Waals surface area contributed by atoms with Crippen LogP contribution in [0.15, 0.2) is 29.9 Å². The van der Waals surface area contributed by atoms with Crippen LogP contribution in [0.1, 0.15) is 51.2 Å². The Morgan fingerprint density at radius 1 is 1.28 bits per heavy atom. The third-order valence-corrected chi connectivity index (χ3v) is 4.54. The Kier molecular flexibility index (Phi) is 2.38. The standard InChI is InChI=1S/C18H20/c1-10(2)17-13(5)12(4)15-9-8-14-11(3)6-7-16(14)18(15)17/h7-9,12H,1,6H2,2-5H3.